The highest BCUT2D eigenvalue weighted by Gasteiger charge is 2.16. The minimum absolute atomic E-state index is 0.307. The monoisotopic (exact) mass is 231 g/mol. The Hall–Kier alpha value is -1.55. The standard InChI is InChI=1S/C13H17N3O/c1-9-15-12-4-3-10(7-13(12)16(9)2)17-11-5-6-14-8-11/h3-4,7,11,14H,5-6,8H2,1-2H3. The highest BCUT2D eigenvalue weighted by Crippen LogP contribution is 2.22. The van der Waals surface area contributed by atoms with Crippen LogP contribution in [-0.4, -0.2) is 28.7 Å². The van der Waals surface area contributed by atoms with Crippen molar-refractivity contribution in [1.82, 2.24) is 14.9 Å². The van der Waals surface area contributed by atoms with Crippen molar-refractivity contribution >= 4 is 11.0 Å². The molecule has 2 heterocycles. The summed E-state index contributed by atoms with van der Waals surface area (Å²) >= 11 is 0. The third-order valence-corrected chi connectivity index (χ3v) is 3.39. The van der Waals surface area contributed by atoms with Crippen molar-refractivity contribution in [2.45, 2.75) is 19.4 Å². The molecule has 0 aliphatic carbocycles. The number of ether oxygens (including phenoxy) is 1. The van der Waals surface area contributed by atoms with Gasteiger partial charge in [-0.3, -0.25) is 0 Å². The quantitative estimate of drug-likeness (QED) is 0.853. The summed E-state index contributed by atoms with van der Waals surface area (Å²) in [4.78, 5) is 4.48. The number of rotatable bonds is 2. The summed E-state index contributed by atoms with van der Waals surface area (Å²) in [5.74, 6) is 1.97. The van der Waals surface area contributed by atoms with Crippen LogP contribution >= 0.6 is 0 Å². The number of imidazole rings is 1. The van der Waals surface area contributed by atoms with E-state index < -0.39 is 0 Å². The molecular formula is C13H17N3O. The van der Waals surface area contributed by atoms with E-state index in [2.05, 4.69) is 20.9 Å². The van der Waals surface area contributed by atoms with Gasteiger partial charge in [0.05, 0.1) is 11.0 Å². The van der Waals surface area contributed by atoms with Gasteiger partial charge in [-0.25, -0.2) is 4.98 Å². The average molecular weight is 231 g/mol. The van der Waals surface area contributed by atoms with Crippen LogP contribution in [0.5, 0.6) is 5.75 Å². The lowest BCUT2D eigenvalue weighted by Crippen LogP contribution is -2.19. The zero-order chi connectivity index (χ0) is 11.8. The first-order chi connectivity index (χ1) is 8.24. The van der Waals surface area contributed by atoms with Crippen molar-refractivity contribution in [3.63, 3.8) is 0 Å². The van der Waals surface area contributed by atoms with Gasteiger partial charge in [0.2, 0.25) is 0 Å². The van der Waals surface area contributed by atoms with Crippen LogP contribution < -0.4 is 10.1 Å². The highest BCUT2D eigenvalue weighted by molar-refractivity contribution is 5.77. The molecule has 0 saturated carbocycles. The van der Waals surface area contributed by atoms with Crippen LogP contribution in [-0.2, 0) is 7.05 Å². The molecule has 1 atom stereocenters. The van der Waals surface area contributed by atoms with Crippen LogP contribution in [0, 0.1) is 6.92 Å². The molecule has 4 nitrogen and oxygen atoms in total. The van der Waals surface area contributed by atoms with Crippen molar-refractivity contribution in [2.75, 3.05) is 13.1 Å². The molecular weight excluding hydrogens is 214 g/mol. The molecule has 0 spiro atoms. The number of aromatic nitrogens is 2. The van der Waals surface area contributed by atoms with E-state index in [4.69, 9.17) is 4.74 Å². The summed E-state index contributed by atoms with van der Waals surface area (Å²) in [5.41, 5.74) is 2.16. The fourth-order valence-electron chi connectivity index (χ4n) is 2.28. The number of fused-ring (bicyclic) bond motifs is 1. The third-order valence-electron chi connectivity index (χ3n) is 3.39. The SMILES string of the molecule is Cc1nc2ccc(OC3CCNC3)cc2n1C. The lowest BCUT2D eigenvalue weighted by Gasteiger charge is -2.12. The van der Waals surface area contributed by atoms with Crippen LogP contribution in [0.1, 0.15) is 12.2 Å². The van der Waals surface area contributed by atoms with Crippen molar-refractivity contribution in [3.05, 3.63) is 24.0 Å². The van der Waals surface area contributed by atoms with Crippen LogP contribution in [0.4, 0.5) is 0 Å². The van der Waals surface area contributed by atoms with Crippen LogP contribution in [0.15, 0.2) is 18.2 Å². The summed E-state index contributed by atoms with van der Waals surface area (Å²) < 4.78 is 8.04. The van der Waals surface area contributed by atoms with E-state index in [9.17, 15) is 0 Å². The second-order valence-electron chi connectivity index (χ2n) is 4.60. The fraction of sp³-hybridized carbons (Fsp3) is 0.462. The highest BCUT2D eigenvalue weighted by atomic mass is 16.5. The number of nitrogens with one attached hydrogen (secondary N) is 1. The van der Waals surface area contributed by atoms with Crippen molar-refractivity contribution < 1.29 is 4.74 Å². The first kappa shape index (κ1) is 10.6. The molecule has 1 aliphatic heterocycles. The maximum absolute atomic E-state index is 5.94. The van der Waals surface area contributed by atoms with E-state index >= 15 is 0 Å². The third kappa shape index (κ3) is 1.89. The fourth-order valence-corrected chi connectivity index (χ4v) is 2.28. The number of nitrogens with zero attached hydrogens (tertiary/aromatic N) is 2. The van der Waals surface area contributed by atoms with E-state index in [1.54, 1.807) is 0 Å². The number of benzene rings is 1. The van der Waals surface area contributed by atoms with E-state index in [1.165, 1.54) is 0 Å². The summed E-state index contributed by atoms with van der Waals surface area (Å²) in [6, 6.07) is 6.11. The Bertz CT molecular complexity index is 541. The molecule has 1 saturated heterocycles. The first-order valence-electron chi connectivity index (χ1n) is 6.04. The molecule has 0 radical (unpaired) electrons. The Labute approximate surface area is 101 Å². The molecule has 3 rings (SSSR count). The molecule has 1 aromatic heterocycles. The maximum Gasteiger partial charge on any atom is 0.122 e. The second-order valence-corrected chi connectivity index (χ2v) is 4.60. The Morgan fingerprint density at radius 2 is 2.35 bits per heavy atom. The van der Waals surface area contributed by atoms with Gasteiger partial charge in [0.25, 0.3) is 0 Å². The largest absolute Gasteiger partial charge is 0.489 e. The molecule has 1 fully saturated rings. The molecule has 0 amide bonds. The molecule has 90 valence electrons. The minimum Gasteiger partial charge on any atom is -0.489 e. The van der Waals surface area contributed by atoms with Gasteiger partial charge in [-0.15, -0.1) is 0 Å². The first-order valence-corrected chi connectivity index (χ1v) is 6.04. The zero-order valence-electron chi connectivity index (χ0n) is 10.2. The number of hydrogen-bond acceptors (Lipinski definition) is 3. The van der Waals surface area contributed by atoms with Crippen molar-refractivity contribution in [2.24, 2.45) is 7.05 Å². The van der Waals surface area contributed by atoms with E-state index in [-0.39, 0.29) is 0 Å². The van der Waals surface area contributed by atoms with E-state index in [0.717, 1.165) is 42.1 Å². The summed E-state index contributed by atoms with van der Waals surface area (Å²) in [6.07, 6.45) is 1.39. The topological polar surface area (TPSA) is 39.1 Å². The smallest absolute Gasteiger partial charge is 0.122 e. The normalized spacial score (nSPS) is 20.0. The molecule has 17 heavy (non-hydrogen) atoms. The van der Waals surface area contributed by atoms with E-state index in [0.29, 0.717) is 6.10 Å². The van der Waals surface area contributed by atoms with Gasteiger partial charge in [-0.1, -0.05) is 0 Å². The molecule has 1 N–H and O–H groups in total. The van der Waals surface area contributed by atoms with Crippen LogP contribution in [0.25, 0.3) is 11.0 Å². The van der Waals surface area contributed by atoms with Gasteiger partial charge < -0.3 is 14.6 Å². The Morgan fingerprint density at radius 3 is 3.12 bits per heavy atom. The van der Waals surface area contributed by atoms with Gasteiger partial charge in [-0.05, 0) is 32.0 Å². The van der Waals surface area contributed by atoms with Gasteiger partial charge in [0.1, 0.15) is 17.7 Å². The molecule has 1 aromatic carbocycles. The predicted octanol–water partition coefficient (Wildman–Crippen LogP) is 1.62. The molecule has 1 aliphatic rings. The summed E-state index contributed by atoms with van der Waals surface area (Å²) in [5, 5.41) is 3.30. The van der Waals surface area contributed by atoms with Gasteiger partial charge in [-0.2, -0.15) is 0 Å². The average Bonchev–Trinajstić information content (AvgIpc) is 2.91. The van der Waals surface area contributed by atoms with Crippen molar-refractivity contribution in [3.8, 4) is 5.75 Å². The number of hydrogen-bond donors (Lipinski definition) is 1. The summed E-state index contributed by atoms with van der Waals surface area (Å²) in [6.45, 7) is 4.02. The lowest BCUT2D eigenvalue weighted by atomic mass is 10.2. The maximum atomic E-state index is 5.94. The predicted molar refractivity (Wildman–Crippen MR) is 67.4 cm³/mol. The molecule has 4 heteroatoms. The van der Waals surface area contributed by atoms with Gasteiger partial charge >= 0.3 is 0 Å². The number of aryl methyl sites for hydroxylation is 2. The van der Waals surface area contributed by atoms with E-state index in [1.807, 2.05) is 26.1 Å². The van der Waals surface area contributed by atoms with Gasteiger partial charge in [0.15, 0.2) is 0 Å². The Kier molecular flexibility index (Phi) is 2.52. The molecule has 0 bridgehead atoms. The molecule has 2 aromatic rings. The molecule has 1 unspecified atom stereocenters. The van der Waals surface area contributed by atoms with Crippen LogP contribution in [0.3, 0.4) is 0 Å². The lowest BCUT2D eigenvalue weighted by molar-refractivity contribution is 0.223. The van der Waals surface area contributed by atoms with Crippen LogP contribution in [0.2, 0.25) is 0 Å². The minimum atomic E-state index is 0.307. The zero-order valence-corrected chi connectivity index (χ0v) is 10.2. The Balaban J connectivity index is 1.92. The van der Waals surface area contributed by atoms with Gasteiger partial charge in [0, 0.05) is 19.7 Å². The van der Waals surface area contributed by atoms with Crippen molar-refractivity contribution in [1.29, 1.82) is 0 Å². The Morgan fingerprint density at radius 1 is 1.47 bits per heavy atom. The second kappa shape index (κ2) is 4.04. The summed E-state index contributed by atoms with van der Waals surface area (Å²) in [7, 11) is 2.03.